The van der Waals surface area contributed by atoms with Gasteiger partial charge in [-0.15, -0.1) is 6.58 Å². The Kier molecular flexibility index (Phi) is 4.95. The number of benzene rings is 1. The van der Waals surface area contributed by atoms with Gasteiger partial charge in [0.25, 0.3) is 0 Å². The fourth-order valence-corrected chi connectivity index (χ4v) is 1.54. The molecule has 1 unspecified atom stereocenters. The van der Waals surface area contributed by atoms with E-state index in [4.69, 9.17) is 4.74 Å². The molecule has 0 heterocycles. The minimum absolute atomic E-state index is 0.286. The monoisotopic (exact) mass is 247 g/mol. The van der Waals surface area contributed by atoms with Gasteiger partial charge >= 0.3 is 6.09 Å². The predicted molar refractivity (Wildman–Crippen MR) is 73.4 cm³/mol. The minimum Gasteiger partial charge on any atom is -0.441 e. The lowest BCUT2D eigenvalue weighted by Gasteiger charge is -2.23. The van der Waals surface area contributed by atoms with Crippen molar-refractivity contribution in [2.45, 2.75) is 38.8 Å². The van der Waals surface area contributed by atoms with E-state index >= 15 is 0 Å². The SMILES string of the molecule is C=CCC(OC(=O)NC(C)(C)C)c1ccccc1. The fraction of sp³-hybridized carbons (Fsp3) is 0.400. The summed E-state index contributed by atoms with van der Waals surface area (Å²) in [5, 5.41) is 2.78. The highest BCUT2D eigenvalue weighted by Gasteiger charge is 2.19. The van der Waals surface area contributed by atoms with Crippen molar-refractivity contribution in [2.75, 3.05) is 0 Å². The third-order valence-corrected chi connectivity index (χ3v) is 2.28. The number of hydrogen-bond acceptors (Lipinski definition) is 2. The molecule has 0 aliphatic rings. The summed E-state index contributed by atoms with van der Waals surface area (Å²) in [6.07, 6.45) is 1.66. The van der Waals surface area contributed by atoms with Crippen molar-refractivity contribution in [3.63, 3.8) is 0 Å². The molecule has 1 aromatic carbocycles. The lowest BCUT2D eigenvalue weighted by atomic mass is 10.1. The molecule has 0 saturated carbocycles. The number of alkyl carbamates (subject to hydrolysis) is 1. The maximum absolute atomic E-state index is 11.7. The molecule has 1 aromatic rings. The normalized spacial score (nSPS) is 12.6. The molecule has 3 heteroatoms. The number of amides is 1. The molecule has 3 nitrogen and oxygen atoms in total. The van der Waals surface area contributed by atoms with Crippen LogP contribution < -0.4 is 5.32 Å². The van der Waals surface area contributed by atoms with E-state index < -0.39 is 6.09 Å². The van der Waals surface area contributed by atoms with E-state index in [0.29, 0.717) is 6.42 Å². The lowest BCUT2D eigenvalue weighted by molar-refractivity contribution is 0.0924. The average Bonchev–Trinajstić information content (AvgIpc) is 2.27. The third-order valence-electron chi connectivity index (χ3n) is 2.28. The molecule has 0 aliphatic heterocycles. The van der Waals surface area contributed by atoms with Gasteiger partial charge in [0.05, 0.1) is 0 Å². The van der Waals surface area contributed by atoms with Crippen LogP contribution in [0.25, 0.3) is 0 Å². The number of rotatable bonds is 4. The van der Waals surface area contributed by atoms with Gasteiger partial charge in [0, 0.05) is 12.0 Å². The van der Waals surface area contributed by atoms with Crippen molar-refractivity contribution in [1.82, 2.24) is 5.32 Å². The second kappa shape index (κ2) is 6.24. The zero-order valence-corrected chi connectivity index (χ0v) is 11.3. The van der Waals surface area contributed by atoms with Crippen LogP contribution in [-0.4, -0.2) is 11.6 Å². The first-order valence-corrected chi connectivity index (χ1v) is 6.07. The first-order chi connectivity index (χ1) is 8.42. The third kappa shape index (κ3) is 5.04. The Hall–Kier alpha value is -1.77. The van der Waals surface area contributed by atoms with Crippen LogP contribution in [0.2, 0.25) is 0 Å². The quantitative estimate of drug-likeness (QED) is 0.821. The molecule has 0 spiro atoms. The van der Waals surface area contributed by atoms with Crippen LogP contribution >= 0.6 is 0 Å². The molecular formula is C15H21NO2. The molecule has 0 bridgehead atoms. The van der Waals surface area contributed by atoms with Gasteiger partial charge in [-0.1, -0.05) is 36.4 Å². The van der Waals surface area contributed by atoms with Crippen molar-refractivity contribution < 1.29 is 9.53 Å². The first kappa shape index (κ1) is 14.3. The molecular weight excluding hydrogens is 226 g/mol. The second-order valence-corrected chi connectivity index (χ2v) is 5.20. The van der Waals surface area contributed by atoms with E-state index in [1.165, 1.54) is 0 Å². The number of ether oxygens (including phenoxy) is 1. The first-order valence-electron chi connectivity index (χ1n) is 6.07. The molecule has 1 atom stereocenters. The molecule has 0 aromatic heterocycles. The highest BCUT2D eigenvalue weighted by Crippen LogP contribution is 2.21. The van der Waals surface area contributed by atoms with E-state index in [-0.39, 0.29) is 11.6 Å². The molecule has 0 aliphatic carbocycles. The summed E-state index contributed by atoms with van der Waals surface area (Å²) < 4.78 is 5.43. The van der Waals surface area contributed by atoms with Crippen molar-refractivity contribution in [2.24, 2.45) is 0 Å². The molecule has 1 rings (SSSR count). The lowest BCUT2D eigenvalue weighted by Crippen LogP contribution is -2.41. The van der Waals surface area contributed by atoms with Gasteiger partial charge in [0.1, 0.15) is 6.10 Å². The van der Waals surface area contributed by atoms with Gasteiger partial charge in [-0.05, 0) is 26.3 Å². The van der Waals surface area contributed by atoms with E-state index in [1.807, 2.05) is 51.1 Å². The minimum atomic E-state index is -0.404. The number of hydrogen-bond donors (Lipinski definition) is 1. The van der Waals surface area contributed by atoms with E-state index in [9.17, 15) is 4.79 Å². The Labute approximate surface area is 109 Å². The van der Waals surface area contributed by atoms with Crippen molar-refractivity contribution in [3.05, 3.63) is 48.6 Å². The Balaban J connectivity index is 2.70. The summed E-state index contributed by atoms with van der Waals surface area (Å²) in [5.41, 5.74) is 0.674. The number of carbonyl (C=O) groups excluding carboxylic acids is 1. The predicted octanol–water partition coefficient (Wildman–Crippen LogP) is 3.83. The van der Waals surface area contributed by atoms with Gasteiger partial charge in [0.2, 0.25) is 0 Å². The summed E-state index contributed by atoms with van der Waals surface area (Å²) in [4.78, 5) is 11.7. The Bertz CT molecular complexity index is 393. The van der Waals surface area contributed by atoms with Crippen LogP contribution in [0.4, 0.5) is 4.79 Å². The van der Waals surface area contributed by atoms with Gasteiger partial charge in [-0.2, -0.15) is 0 Å². The standard InChI is InChI=1S/C15H21NO2/c1-5-9-13(12-10-7-6-8-11-12)18-14(17)16-15(2,3)4/h5-8,10-11,13H,1,9H2,2-4H3,(H,16,17). The maximum atomic E-state index is 11.7. The van der Waals surface area contributed by atoms with Crippen LogP contribution in [0.15, 0.2) is 43.0 Å². The van der Waals surface area contributed by atoms with Crippen molar-refractivity contribution in [1.29, 1.82) is 0 Å². The van der Waals surface area contributed by atoms with E-state index in [2.05, 4.69) is 11.9 Å². The molecule has 98 valence electrons. The highest BCUT2D eigenvalue weighted by molar-refractivity contribution is 5.68. The van der Waals surface area contributed by atoms with Crippen molar-refractivity contribution >= 4 is 6.09 Å². The highest BCUT2D eigenvalue weighted by atomic mass is 16.6. The molecule has 0 saturated heterocycles. The zero-order valence-electron chi connectivity index (χ0n) is 11.3. The van der Waals surface area contributed by atoms with Gasteiger partial charge in [-0.3, -0.25) is 0 Å². The second-order valence-electron chi connectivity index (χ2n) is 5.20. The molecule has 1 N–H and O–H groups in total. The van der Waals surface area contributed by atoms with Crippen LogP contribution in [0.1, 0.15) is 38.9 Å². The largest absolute Gasteiger partial charge is 0.441 e. The summed E-state index contributed by atoms with van der Waals surface area (Å²) in [7, 11) is 0. The molecule has 18 heavy (non-hydrogen) atoms. The molecule has 0 radical (unpaired) electrons. The Morgan fingerprint density at radius 3 is 2.50 bits per heavy atom. The van der Waals surface area contributed by atoms with Gasteiger partial charge in [-0.25, -0.2) is 4.79 Å². The van der Waals surface area contributed by atoms with Crippen LogP contribution in [-0.2, 0) is 4.74 Å². The fourth-order valence-electron chi connectivity index (χ4n) is 1.54. The van der Waals surface area contributed by atoms with Crippen LogP contribution in [0, 0.1) is 0 Å². The Morgan fingerprint density at radius 2 is 2.00 bits per heavy atom. The van der Waals surface area contributed by atoms with E-state index in [1.54, 1.807) is 6.08 Å². The smallest absolute Gasteiger partial charge is 0.408 e. The van der Waals surface area contributed by atoms with Crippen molar-refractivity contribution in [3.8, 4) is 0 Å². The molecule has 0 fully saturated rings. The van der Waals surface area contributed by atoms with Gasteiger partial charge < -0.3 is 10.1 Å². The summed E-state index contributed by atoms with van der Waals surface area (Å²) in [6, 6.07) is 9.67. The molecule has 1 amide bonds. The van der Waals surface area contributed by atoms with E-state index in [0.717, 1.165) is 5.56 Å². The summed E-state index contributed by atoms with van der Waals surface area (Å²) in [5.74, 6) is 0. The van der Waals surface area contributed by atoms with Crippen LogP contribution in [0.5, 0.6) is 0 Å². The topological polar surface area (TPSA) is 38.3 Å². The maximum Gasteiger partial charge on any atom is 0.408 e. The Morgan fingerprint density at radius 1 is 1.39 bits per heavy atom. The average molecular weight is 247 g/mol. The number of nitrogens with one attached hydrogen (secondary N) is 1. The summed E-state index contributed by atoms with van der Waals surface area (Å²) in [6.45, 7) is 9.44. The van der Waals surface area contributed by atoms with Gasteiger partial charge in [0.15, 0.2) is 0 Å². The summed E-state index contributed by atoms with van der Waals surface area (Å²) >= 11 is 0. The zero-order chi connectivity index (χ0) is 13.6. The number of carbonyl (C=O) groups is 1. The van der Waals surface area contributed by atoms with Crippen LogP contribution in [0.3, 0.4) is 0 Å².